The molecule has 6 atom stereocenters. The first kappa shape index (κ1) is 64.1. The lowest BCUT2D eigenvalue weighted by atomic mass is 9.99. The molecule has 0 aromatic heterocycles. The number of hydrogen-bond acceptors (Lipinski definition) is 11. The fourth-order valence-corrected chi connectivity index (χ4v) is 8.88. The summed E-state index contributed by atoms with van der Waals surface area (Å²) in [5, 5.41) is 30.8. The van der Waals surface area contributed by atoms with E-state index in [1.54, 1.807) is 0 Å². The highest BCUT2D eigenvalue weighted by Gasteiger charge is 2.48. The lowest BCUT2D eigenvalue weighted by Gasteiger charge is -2.41. The molecule has 12 nitrogen and oxygen atoms in total. The van der Waals surface area contributed by atoms with Crippen LogP contribution in [0.3, 0.4) is 0 Å². The molecule has 1 aliphatic heterocycles. The number of esters is 1. The Bertz CT molecular complexity index is 1370. The summed E-state index contributed by atoms with van der Waals surface area (Å²) in [6.07, 6.45) is 48.5. The molecular weight excluding hydrogens is 885 g/mol. The number of aliphatic hydroxyl groups excluding tert-OH is 3. The molecule has 0 aliphatic carbocycles. The minimum absolute atomic E-state index is 0.0347. The van der Waals surface area contributed by atoms with Gasteiger partial charge in [0.25, 0.3) is 0 Å². The van der Waals surface area contributed by atoms with Crippen LogP contribution in [0.15, 0.2) is 48.6 Å². The highest BCUT2D eigenvalue weighted by molar-refractivity contribution is 7.80. The number of hydrogen-bond donors (Lipinski definition) is 4. The van der Waals surface area contributed by atoms with Gasteiger partial charge in [-0.15, -0.1) is 0 Å². The average molecular weight is 985 g/mol. The van der Waals surface area contributed by atoms with Gasteiger partial charge in [0.2, 0.25) is 0 Å². The third kappa shape index (κ3) is 38.8. The van der Waals surface area contributed by atoms with Gasteiger partial charge in [-0.2, -0.15) is 8.42 Å². The van der Waals surface area contributed by atoms with Gasteiger partial charge in [-0.1, -0.05) is 223 Å². The Hall–Kier alpha value is -1.94. The smallest absolute Gasteiger partial charge is 0.397 e. The standard InChI is InChI=1S/C55H100O12S/c1-3-5-7-9-11-13-15-17-19-21-23-25-26-28-30-32-34-36-38-40-42-44-51(57)65-49(48-64-55-53(59)54(67-68(60,61)62)52(58)50(46-56)66-55)47-63-45-43-41-39-37-35-33-31-29-27-24-22-20-18-16-14-12-10-8-6-4-2/h5,7,11,13,17,19,23,25,49-50,52-56,58-59H,3-4,6,8-10,12,14-16,18,20-22,24,26-48H2,1-2H3,(H,60,61,62)/b7-5-,13-11-,19-17-,25-23-. The summed E-state index contributed by atoms with van der Waals surface area (Å²) < 4.78 is 59.4. The third-order valence-electron chi connectivity index (χ3n) is 12.5. The third-order valence-corrected chi connectivity index (χ3v) is 12.9. The van der Waals surface area contributed by atoms with E-state index in [1.165, 1.54) is 135 Å². The van der Waals surface area contributed by atoms with Crippen LogP contribution in [0, 0.1) is 0 Å². The van der Waals surface area contributed by atoms with Crippen LogP contribution in [0.5, 0.6) is 0 Å². The van der Waals surface area contributed by atoms with Gasteiger partial charge in [0.05, 0.1) is 19.8 Å². The van der Waals surface area contributed by atoms with Crippen LogP contribution in [-0.4, -0.2) is 97.5 Å². The highest BCUT2D eigenvalue weighted by atomic mass is 32.3. The largest absolute Gasteiger partial charge is 0.457 e. The van der Waals surface area contributed by atoms with E-state index in [-0.39, 0.29) is 19.6 Å². The SMILES string of the molecule is CC/C=C\C/C=C\C/C=C\C/C=C\CCCCCCCCCCC(=O)OC(COCCCCCCCCCCCCCCCCCCCCCC)COC1OC(CO)C(O)C(OS(=O)(=O)O)C1O. The first-order chi connectivity index (χ1) is 33.1. The van der Waals surface area contributed by atoms with Crippen LogP contribution >= 0.6 is 0 Å². The Morgan fingerprint density at radius 3 is 1.49 bits per heavy atom. The van der Waals surface area contributed by atoms with Crippen LogP contribution < -0.4 is 0 Å². The second kappa shape index (κ2) is 46.2. The van der Waals surface area contributed by atoms with E-state index in [1.807, 2.05) is 0 Å². The lowest BCUT2D eigenvalue weighted by Crippen LogP contribution is -2.60. The summed E-state index contributed by atoms with van der Waals surface area (Å²) >= 11 is 0. The first-order valence-corrected chi connectivity index (χ1v) is 28.8. The molecule has 13 heteroatoms. The van der Waals surface area contributed by atoms with E-state index in [4.69, 9.17) is 18.9 Å². The summed E-state index contributed by atoms with van der Waals surface area (Å²) in [5.74, 6) is -0.404. The Labute approximate surface area is 415 Å². The highest BCUT2D eigenvalue weighted by Crippen LogP contribution is 2.26. The Kier molecular flexibility index (Phi) is 43.5. The summed E-state index contributed by atoms with van der Waals surface area (Å²) in [7, 11) is -5.07. The molecule has 68 heavy (non-hydrogen) atoms. The number of unbranched alkanes of at least 4 members (excludes halogenated alkanes) is 27. The van der Waals surface area contributed by atoms with Gasteiger partial charge in [-0.25, -0.2) is 4.18 Å². The Morgan fingerprint density at radius 1 is 0.574 bits per heavy atom. The van der Waals surface area contributed by atoms with Gasteiger partial charge >= 0.3 is 16.4 Å². The quantitative estimate of drug-likeness (QED) is 0.0197. The number of ether oxygens (including phenoxy) is 4. The molecular formula is C55H100O12S. The summed E-state index contributed by atoms with van der Waals surface area (Å²) in [4.78, 5) is 12.9. The van der Waals surface area contributed by atoms with E-state index < -0.39 is 59.8 Å². The first-order valence-electron chi connectivity index (χ1n) is 27.4. The zero-order valence-electron chi connectivity index (χ0n) is 42.9. The fraction of sp³-hybridized carbons (Fsp3) is 0.836. The normalized spacial score (nSPS) is 19.6. The second-order valence-electron chi connectivity index (χ2n) is 18.8. The van der Waals surface area contributed by atoms with Gasteiger partial charge in [0, 0.05) is 13.0 Å². The molecule has 0 bridgehead atoms. The summed E-state index contributed by atoms with van der Waals surface area (Å²) in [6.45, 7) is 3.91. The molecule has 0 aromatic rings. The van der Waals surface area contributed by atoms with Crippen molar-refractivity contribution in [3.8, 4) is 0 Å². The van der Waals surface area contributed by atoms with Gasteiger partial charge in [0.15, 0.2) is 6.29 Å². The van der Waals surface area contributed by atoms with Crippen molar-refractivity contribution in [2.75, 3.05) is 26.4 Å². The average Bonchev–Trinajstić information content (AvgIpc) is 3.31. The summed E-state index contributed by atoms with van der Waals surface area (Å²) in [5.41, 5.74) is 0. The number of allylic oxidation sites excluding steroid dienone is 8. The Balaban J connectivity index is 2.33. The van der Waals surface area contributed by atoms with Gasteiger partial charge in [-0.05, 0) is 51.4 Å². The van der Waals surface area contributed by atoms with Crippen molar-refractivity contribution in [2.24, 2.45) is 0 Å². The molecule has 398 valence electrons. The monoisotopic (exact) mass is 985 g/mol. The molecule has 1 saturated heterocycles. The molecule has 1 heterocycles. The molecule has 0 spiro atoms. The van der Waals surface area contributed by atoms with E-state index in [0.717, 1.165) is 70.6 Å². The van der Waals surface area contributed by atoms with Crippen molar-refractivity contribution in [2.45, 2.75) is 269 Å². The minimum atomic E-state index is -5.07. The van der Waals surface area contributed by atoms with E-state index in [9.17, 15) is 33.1 Å². The van der Waals surface area contributed by atoms with Crippen molar-refractivity contribution >= 4 is 16.4 Å². The molecule has 0 amide bonds. The van der Waals surface area contributed by atoms with Crippen LogP contribution in [0.1, 0.15) is 232 Å². The van der Waals surface area contributed by atoms with Gasteiger partial charge < -0.3 is 34.3 Å². The van der Waals surface area contributed by atoms with Crippen molar-refractivity contribution < 1.29 is 56.2 Å². The number of carbonyl (C=O) groups is 1. The van der Waals surface area contributed by atoms with E-state index >= 15 is 0 Å². The number of aliphatic hydroxyl groups is 3. The maximum Gasteiger partial charge on any atom is 0.397 e. The molecule has 0 saturated carbocycles. The number of rotatable bonds is 48. The molecule has 6 unspecified atom stereocenters. The van der Waals surface area contributed by atoms with Gasteiger partial charge in [0.1, 0.15) is 30.5 Å². The predicted molar refractivity (Wildman–Crippen MR) is 276 cm³/mol. The van der Waals surface area contributed by atoms with Crippen LogP contribution in [0.2, 0.25) is 0 Å². The fourth-order valence-electron chi connectivity index (χ4n) is 8.37. The Morgan fingerprint density at radius 2 is 1.01 bits per heavy atom. The van der Waals surface area contributed by atoms with Crippen LogP contribution in [0.4, 0.5) is 0 Å². The number of carbonyl (C=O) groups excluding carboxylic acids is 1. The zero-order valence-corrected chi connectivity index (χ0v) is 43.7. The van der Waals surface area contributed by atoms with E-state index in [2.05, 4.69) is 66.6 Å². The van der Waals surface area contributed by atoms with Crippen molar-refractivity contribution in [1.82, 2.24) is 0 Å². The molecule has 1 aliphatic rings. The maximum absolute atomic E-state index is 12.9. The lowest BCUT2D eigenvalue weighted by molar-refractivity contribution is -0.301. The van der Waals surface area contributed by atoms with E-state index in [0.29, 0.717) is 13.0 Å². The minimum Gasteiger partial charge on any atom is -0.457 e. The van der Waals surface area contributed by atoms with Gasteiger partial charge in [-0.3, -0.25) is 9.35 Å². The second-order valence-corrected chi connectivity index (χ2v) is 19.8. The summed E-state index contributed by atoms with van der Waals surface area (Å²) in [6, 6.07) is 0. The van der Waals surface area contributed by atoms with Crippen LogP contribution in [-0.2, 0) is 38.3 Å². The van der Waals surface area contributed by atoms with Crippen molar-refractivity contribution in [3.05, 3.63) is 48.6 Å². The van der Waals surface area contributed by atoms with Crippen molar-refractivity contribution in [1.29, 1.82) is 0 Å². The topological polar surface area (TPSA) is 178 Å². The maximum atomic E-state index is 12.9. The molecule has 0 aromatic carbocycles. The van der Waals surface area contributed by atoms with Crippen molar-refractivity contribution in [3.63, 3.8) is 0 Å². The molecule has 1 fully saturated rings. The van der Waals surface area contributed by atoms with Crippen LogP contribution in [0.25, 0.3) is 0 Å². The molecule has 1 rings (SSSR count). The molecule has 4 N–H and O–H groups in total. The predicted octanol–water partition coefficient (Wildman–Crippen LogP) is 13.1. The zero-order chi connectivity index (χ0) is 49.6. The molecule has 0 radical (unpaired) electrons.